The van der Waals surface area contributed by atoms with Gasteiger partial charge in [0.2, 0.25) is 0 Å². The number of rotatable bonds is 3. The number of nitrogens with one attached hydrogen (secondary N) is 1. The van der Waals surface area contributed by atoms with Gasteiger partial charge in [0.05, 0.1) is 7.11 Å². The van der Waals surface area contributed by atoms with Crippen LogP contribution in [-0.4, -0.2) is 25.2 Å². The summed E-state index contributed by atoms with van der Waals surface area (Å²) in [6, 6.07) is 0.110. The van der Waals surface area contributed by atoms with Gasteiger partial charge in [0.15, 0.2) is 0 Å². The van der Waals surface area contributed by atoms with Gasteiger partial charge in [-0.3, -0.25) is 4.79 Å². The molecule has 0 aromatic carbocycles. The highest BCUT2D eigenvalue weighted by atomic mass is 35.5. The largest absolute Gasteiger partial charge is 0.468 e. The van der Waals surface area contributed by atoms with Crippen molar-refractivity contribution in [3.05, 3.63) is 0 Å². The quantitative estimate of drug-likeness (QED) is 0.660. The first-order valence-electron chi connectivity index (χ1n) is 3.41. The minimum atomic E-state index is -0.214. The summed E-state index contributed by atoms with van der Waals surface area (Å²) in [4.78, 5) is 10.8. The maximum Gasteiger partial charge on any atom is 0.322 e. The van der Waals surface area contributed by atoms with Crippen molar-refractivity contribution in [3.8, 4) is 0 Å². The highest BCUT2D eigenvalue weighted by Crippen LogP contribution is 1.88. The summed E-state index contributed by atoms with van der Waals surface area (Å²) >= 11 is 0. The van der Waals surface area contributed by atoms with Crippen LogP contribution in [0.2, 0.25) is 0 Å². The van der Waals surface area contributed by atoms with Gasteiger partial charge in [-0.15, -0.1) is 12.4 Å². The molecule has 0 saturated heterocycles. The Hall–Kier alpha value is -0.280. The third-order valence-electron chi connectivity index (χ3n) is 1.14. The van der Waals surface area contributed by atoms with Crippen LogP contribution in [0.1, 0.15) is 20.8 Å². The van der Waals surface area contributed by atoms with Crippen LogP contribution >= 0.6 is 12.4 Å². The predicted octanol–water partition coefficient (Wildman–Crippen LogP) is 0.968. The molecular formula is C7H16ClNO2. The first kappa shape index (κ1) is 13.3. The Balaban J connectivity index is 0. The second-order valence-electron chi connectivity index (χ2n) is 2.57. The molecule has 11 heavy (non-hydrogen) atoms. The Labute approximate surface area is 73.9 Å². The van der Waals surface area contributed by atoms with E-state index in [1.54, 1.807) is 6.92 Å². The minimum absolute atomic E-state index is 0. The molecule has 4 heteroatoms. The third-order valence-corrected chi connectivity index (χ3v) is 1.14. The van der Waals surface area contributed by atoms with Crippen LogP contribution in [-0.2, 0) is 9.53 Å². The Morgan fingerprint density at radius 3 is 2.09 bits per heavy atom. The second-order valence-corrected chi connectivity index (χ2v) is 2.57. The fraction of sp³-hybridized carbons (Fsp3) is 0.857. The lowest BCUT2D eigenvalue weighted by molar-refractivity contribution is -0.142. The Bertz CT molecular complexity index is 117. The van der Waals surface area contributed by atoms with E-state index in [0.29, 0.717) is 6.04 Å². The Morgan fingerprint density at radius 2 is 1.82 bits per heavy atom. The maximum absolute atomic E-state index is 10.8. The molecule has 68 valence electrons. The molecule has 0 radical (unpaired) electrons. The molecule has 1 N–H and O–H groups in total. The van der Waals surface area contributed by atoms with E-state index in [2.05, 4.69) is 10.1 Å². The molecule has 0 fully saturated rings. The van der Waals surface area contributed by atoms with Crippen LogP contribution in [0.15, 0.2) is 0 Å². The molecule has 0 aromatic rings. The lowest BCUT2D eigenvalue weighted by Crippen LogP contribution is -2.39. The molecule has 0 rings (SSSR count). The van der Waals surface area contributed by atoms with Crippen LogP contribution in [0, 0.1) is 0 Å². The summed E-state index contributed by atoms with van der Waals surface area (Å²) < 4.78 is 4.51. The van der Waals surface area contributed by atoms with Gasteiger partial charge in [-0.25, -0.2) is 0 Å². The van der Waals surface area contributed by atoms with Crippen molar-refractivity contribution in [1.29, 1.82) is 0 Å². The van der Waals surface area contributed by atoms with Crippen LogP contribution in [0.5, 0.6) is 0 Å². The lowest BCUT2D eigenvalue weighted by atomic mass is 10.3. The van der Waals surface area contributed by atoms with Crippen molar-refractivity contribution in [2.24, 2.45) is 0 Å². The first-order chi connectivity index (χ1) is 4.57. The van der Waals surface area contributed by atoms with Gasteiger partial charge in [-0.1, -0.05) is 13.8 Å². The number of ether oxygens (including phenoxy) is 1. The molecule has 0 bridgehead atoms. The fourth-order valence-electron chi connectivity index (χ4n) is 0.745. The van der Waals surface area contributed by atoms with Gasteiger partial charge in [-0.05, 0) is 6.92 Å². The zero-order valence-electron chi connectivity index (χ0n) is 7.38. The predicted molar refractivity (Wildman–Crippen MR) is 47.0 cm³/mol. The van der Waals surface area contributed by atoms with Crippen molar-refractivity contribution in [1.82, 2.24) is 5.32 Å². The van der Waals surface area contributed by atoms with Gasteiger partial charge in [0, 0.05) is 6.04 Å². The number of methoxy groups -OCH3 is 1. The average molecular weight is 182 g/mol. The smallest absolute Gasteiger partial charge is 0.322 e. The van der Waals surface area contributed by atoms with Crippen molar-refractivity contribution in [3.63, 3.8) is 0 Å². The summed E-state index contributed by atoms with van der Waals surface area (Å²) in [5.41, 5.74) is 0. The van der Waals surface area contributed by atoms with Gasteiger partial charge in [0.1, 0.15) is 6.04 Å². The summed E-state index contributed by atoms with van der Waals surface area (Å²) in [5, 5.41) is 3.02. The van der Waals surface area contributed by atoms with E-state index in [4.69, 9.17) is 0 Å². The van der Waals surface area contributed by atoms with Gasteiger partial charge in [-0.2, -0.15) is 0 Å². The number of halogens is 1. The van der Waals surface area contributed by atoms with Crippen molar-refractivity contribution in [2.45, 2.75) is 32.9 Å². The maximum atomic E-state index is 10.8. The fourth-order valence-corrected chi connectivity index (χ4v) is 0.745. The SMILES string of the molecule is COC(=O)[C@H](C)NC(C)C.Cl. The molecule has 0 spiro atoms. The zero-order chi connectivity index (χ0) is 8.15. The van der Waals surface area contributed by atoms with E-state index < -0.39 is 0 Å². The highest BCUT2D eigenvalue weighted by Gasteiger charge is 2.12. The first-order valence-corrected chi connectivity index (χ1v) is 3.41. The molecule has 0 unspecified atom stereocenters. The number of carbonyl (C=O) groups is 1. The van der Waals surface area contributed by atoms with E-state index in [1.165, 1.54) is 7.11 Å². The molecule has 0 aliphatic heterocycles. The Kier molecular flexibility index (Phi) is 7.79. The summed E-state index contributed by atoms with van der Waals surface area (Å²) in [7, 11) is 1.39. The molecule has 0 heterocycles. The van der Waals surface area contributed by atoms with E-state index >= 15 is 0 Å². The summed E-state index contributed by atoms with van der Waals surface area (Å²) in [6.45, 7) is 5.75. The second kappa shape index (κ2) is 6.43. The van der Waals surface area contributed by atoms with Crippen molar-refractivity contribution >= 4 is 18.4 Å². The molecule has 0 aromatic heterocycles. The summed E-state index contributed by atoms with van der Waals surface area (Å²) in [6.07, 6.45) is 0. The molecule has 0 aliphatic carbocycles. The topological polar surface area (TPSA) is 38.3 Å². The van der Waals surface area contributed by atoms with Crippen molar-refractivity contribution < 1.29 is 9.53 Å². The van der Waals surface area contributed by atoms with E-state index in [-0.39, 0.29) is 24.4 Å². The minimum Gasteiger partial charge on any atom is -0.468 e. The van der Waals surface area contributed by atoms with E-state index in [9.17, 15) is 4.79 Å². The molecule has 0 aliphatic rings. The normalized spacial score (nSPS) is 12.1. The molecule has 1 atom stereocenters. The average Bonchev–Trinajstić information content (AvgIpc) is 1.85. The van der Waals surface area contributed by atoms with E-state index in [1.807, 2.05) is 13.8 Å². The number of hydrogen-bond donors (Lipinski definition) is 1. The lowest BCUT2D eigenvalue weighted by Gasteiger charge is -2.13. The van der Waals surface area contributed by atoms with Crippen LogP contribution in [0.3, 0.4) is 0 Å². The molecule has 0 amide bonds. The van der Waals surface area contributed by atoms with E-state index in [0.717, 1.165) is 0 Å². The van der Waals surface area contributed by atoms with Gasteiger partial charge in [0.25, 0.3) is 0 Å². The molecule has 3 nitrogen and oxygen atoms in total. The zero-order valence-corrected chi connectivity index (χ0v) is 8.20. The van der Waals surface area contributed by atoms with Crippen LogP contribution < -0.4 is 5.32 Å². The number of carbonyl (C=O) groups excluding carboxylic acids is 1. The Morgan fingerprint density at radius 1 is 1.36 bits per heavy atom. The number of esters is 1. The van der Waals surface area contributed by atoms with Crippen LogP contribution in [0.4, 0.5) is 0 Å². The highest BCUT2D eigenvalue weighted by molar-refractivity contribution is 5.85. The summed E-state index contributed by atoms with van der Waals surface area (Å²) in [5.74, 6) is -0.214. The molecular weight excluding hydrogens is 166 g/mol. The third kappa shape index (κ3) is 6.13. The standard InChI is InChI=1S/C7H15NO2.ClH/c1-5(2)8-6(3)7(9)10-4;/h5-6,8H,1-4H3;1H/t6-;/m0./s1. The monoisotopic (exact) mass is 181 g/mol. The van der Waals surface area contributed by atoms with Gasteiger partial charge < -0.3 is 10.1 Å². The number of hydrogen-bond acceptors (Lipinski definition) is 3. The van der Waals surface area contributed by atoms with Crippen LogP contribution in [0.25, 0.3) is 0 Å². The van der Waals surface area contributed by atoms with Crippen molar-refractivity contribution in [2.75, 3.05) is 7.11 Å². The molecule has 0 saturated carbocycles. The van der Waals surface area contributed by atoms with Gasteiger partial charge >= 0.3 is 5.97 Å².